The van der Waals surface area contributed by atoms with Crippen molar-refractivity contribution in [3.63, 3.8) is 0 Å². The number of amides is 1. The topological polar surface area (TPSA) is 118 Å². The van der Waals surface area contributed by atoms with E-state index in [1.165, 1.54) is 11.5 Å². The number of methoxy groups -OCH3 is 3. The van der Waals surface area contributed by atoms with Gasteiger partial charge in [0.15, 0.2) is 17.5 Å². The summed E-state index contributed by atoms with van der Waals surface area (Å²) in [6.45, 7) is 1.96. The Bertz CT molecular complexity index is 1410. The van der Waals surface area contributed by atoms with Crippen LogP contribution in [-0.4, -0.2) is 42.8 Å². The summed E-state index contributed by atoms with van der Waals surface area (Å²) in [5.41, 5.74) is 9.93. The van der Waals surface area contributed by atoms with Gasteiger partial charge >= 0.3 is 0 Å². The van der Waals surface area contributed by atoms with Crippen molar-refractivity contribution in [1.29, 1.82) is 0 Å². The molecule has 0 aliphatic heterocycles. The quantitative estimate of drug-likeness (QED) is 0.287. The van der Waals surface area contributed by atoms with Crippen molar-refractivity contribution in [1.82, 2.24) is 4.37 Å². The van der Waals surface area contributed by atoms with Gasteiger partial charge in [-0.1, -0.05) is 18.2 Å². The molecule has 200 valence electrons. The molecule has 0 saturated heterocycles. The zero-order valence-electron chi connectivity index (χ0n) is 21.6. The lowest BCUT2D eigenvalue weighted by atomic mass is 9.99. The Kier molecular flexibility index (Phi) is 9.57. The number of phenols is 1. The van der Waals surface area contributed by atoms with Crippen LogP contribution in [-0.2, 0) is 11.2 Å². The summed E-state index contributed by atoms with van der Waals surface area (Å²) >= 11 is 1.35. The Labute approximate surface area is 231 Å². The highest BCUT2D eigenvalue weighted by molar-refractivity contribution is 7.04. The summed E-state index contributed by atoms with van der Waals surface area (Å²) in [5, 5.41) is 14.4. The molecule has 4 rings (SSSR count). The van der Waals surface area contributed by atoms with Gasteiger partial charge in [0.1, 0.15) is 11.5 Å². The largest absolute Gasteiger partial charge is 1.00 e. The van der Waals surface area contributed by atoms with Crippen LogP contribution in [0.2, 0.25) is 0 Å². The van der Waals surface area contributed by atoms with Crippen LogP contribution < -0.4 is 37.7 Å². The number of benzene rings is 3. The van der Waals surface area contributed by atoms with Gasteiger partial charge in [-0.05, 0) is 71.5 Å². The third-order valence-corrected chi connectivity index (χ3v) is 6.69. The Hall–Kier alpha value is -3.79. The van der Waals surface area contributed by atoms with Gasteiger partial charge in [-0.3, -0.25) is 4.79 Å². The van der Waals surface area contributed by atoms with Crippen molar-refractivity contribution in [2.45, 2.75) is 19.4 Å². The minimum atomic E-state index is -0.536. The zero-order valence-corrected chi connectivity index (χ0v) is 23.2. The molecule has 38 heavy (non-hydrogen) atoms. The van der Waals surface area contributed by atoms with Gasteiger partial charge in [-0.2, -0.15) is 4.37 Å². The van der Waals surface area contributed by atoms with E-state index < -0.39 is 6.04 Å². The maximum Gasteiger partial charge on any atom is 0.282 e. The van der Waals surface area contributed by atoms with E-state index in [-0.39, 0.29) is 24.1 Å². The number of aromatic hydroxyl groups is 1. The second-order valence-corrected chi connectivity index (χ2v) is 9.21. The van der Waals surface area contributed by atoms with Gasteiger partial charge < -0.3 is 42.8 Å². The van der Waals surface area contributed by atoms with E-state index in [0.29, 0.717) is 29.4 Å². The molecule has 0 fully saturated rings. The number of nitrogens with one attached hydrogen (secondary N) is 1. The normalized spacial score (nSPS) is 11.3. The molecule has 5 N–H and O–H groups in total. The van der Waals surface area contributed by atoms with Gasteiger partial charge in [0, 0.05) is 22.9 Å². The van der Waals surface area contributed by atoms with Gasteiger partial charge in [0.05, 0.1) is 32.7 Å². The van der Waals surface area contributed by atoms with Crippen LogP contribution in [0.5, 0.6) is 23.0 Å². The van der Waals surface area contributed by atoms with Crippen molar-refractivity contribution >= 4 is 23.1 Å². The van der Waals surface area contributed by atoms with Crippen LogP contribution in [0.1, 0.15) is 11.1 Å². The fraction of sp³-hybridized carbons (Fsp3) is 0.214. The fourth-order valence-electron chi connectivity index (χ4n) is 4.16. The summed E-state index contributed by atoms with van der Waals surface area (Å²) < 4.78 is 21.2. The molecule has 0 bridgehead atoms. The van der Waals surface area contributed by atoms with Crippen molar-refractivity contribution < 1.29 is 42.3 Å². The lowest BCUT2D eigenvalue weighted by Crippen LogP contribution is -3.00. The first kappa shape index (κ1) is 28.8. The van der Waals surface area contributed by atoms with Crippen LogP contribution in [0.15, 0.2) is 60.0 Å². The van der Waals surface area contributed by atoms with E-state index in [0.717, 1.165) is 33.5 Å². The number of hydrogen-bond donors (Lipinski definition) is 3. The number of phenolic OH excluding ortho intramolecular Hbond substituents is 1. The molecule has 1 heterocycles. The predicted octanol–water partition coefficient (Wildman–Crippen LogP) is 1.31. The number of quaternary nitrogens is 1. The highest BCUT2D eigenvalue weighted by Crippen LogP contribution is 2.41. The Morgan fingerprint density at radius 1 is 1.00 bits per heavy atom. The second kappa shape index (κ2) is 12.6. The van der Waals surface area contributed by atoms with E-state index >= 15 is 0 Å². The van der Waals surface area contributed by atoms with Crippen molar-refractivity contribution in [2.75, 3.05) is 26.6 Å². The first-order chi connectivity index (χ1) is 17.8. The third-order valence-electron chi connectivity index (χ3n) is 6.07. The van der Waals surface area contributed by atoms with Gasteiger partial charge in [-0.15, -0.1) is 0 Å². The standard InChI is InChI=1S/C28H29N3O5S.ClH/c1-16-11-19(14-25(35-3)27(16)36-4)26-21(15-37-31-26)18-7-10-24(34-2)23(13-18)30-28(33)22(29)12-17-5-8-20(32)9-6-17;/h5-11,13-15,22,32H,12,29H2,1-4H3,(H,30,33);1H/t22-;/m0./s1. The maximum absolute atomic E-state index is 13.0. The van der Waals surface area contributed by atoms with Gasteiger partial charge in [0.2, 0.25) is 0 Å². The van der Waals surface area contributed by atoms with Crippen LogP contribution in [0, 0.1) is 6.92 Å². The smallest absolute Gasteiger partial charge is 0.282 e. The average molecular weight is 556 g/mol. The van der Waals surface area contributed by atoms with E-state index in [1.54, 1.807) is 45.6 Å². The van der Waals surface area contributed by atoms with Crippen molar-refractivity contribution in [3.05, 3.63) is 71.1 Å². The van der Waals surface area contributed by atoms with Crippen molar-refractivity contribution in [2.24, 2.45) is 0 Å². The molecule has 1 atom stereocenters. The number of nitrogens with zero attached hydrogens (tertiary/aromatic N) is 1. The first-order valence-corrected chi connectivity index (χ1v) is 12.5. The number of hydrogen-bond acceptors (Lipinski definition) is 7. The number of rotatable bonds is 9. The number of halogens is 1. The molecule has 0 aliphatic carbocycles. The van der Waals surface area contributed by atoms with Crippen LogP contribution in [0.25, 0.3) is 22.4 Å². The number of carbonyl (C=O) groups excluding carboxylic acids is 1. The molecule has 1 amide bonds. The fourth-order valence-corrected chi connectivity index (χ4v) is 4.87. The molecule has 8 nitrogen and oxygen atoms in total. The molecule has 1 aromatic heterocycles. The number of aryl methyl sites for hydroxylation is 1. The van der Waals surface area contributed by atoms with E-state index in [1.807, 2.05) is 42.6 Å². The lowest BCUT2D eigenvalue weighted by molar-refractivity contribution is -0.402. The Morgan fingerprint density at radius 2 is 1.71 bits per heavy atom. The van der Waals surface area contributed by atoms with E-state index in [9.17, 15) is 9.90 Å². The SMILES string of the molecule is COc1ccc(-c2csnc2-c2cc(C)c(OC)c(OC)c2)cc1NC(=O)[C@@H]([NH3+])Cc1ccc(O)cc1.[Cl-]. The van der Waals surface area contributed by atoms with Gasteiger partial charge in [0.25, 0.3) is 5.91 Å². The maximum atomic E-state index is 13.0. The Morgan fingerprint density at radius 3 is 2.37 bits per heavy atom. The summed E-state index contributed by atoms with van der Waals surface area (Å²) in [6, 6.07) is 15.8. The highest BCUT2D eigenvalue weighted by Gasteiger charge is 2.21. The molecule has 4 aromatic rings. The molecular formula is C28H30ClN3O5S. The summed E-state index contributed by atoms with van der Waals surface area (Å²) in [4.78, 5) is 13.0. The predicted molar refractivity (Wildman–Crippen MR) is 144 cm³/mol. The molecule has 3 aromatic carbocycles. The molecule has 0 aliphatic rings. The molecule has 0 saturated carbocycles. The summed E-state index contributed by atoms with van der Waals surface area (Å²) in [5.74, 6) is 1.81. The highest BCUT2D eigenvalue weighted by atomic mass is 35.5. The van der Waals surface area contributed by atoms with Gasteiger partial charge in [-0.25, -0.2) is 0 Å². The molecular weight excluding hydrogens is 526 g/mol. The first-order valence-electron chi connectivity index (χ1n) is 11.6. The number of anilines is 1. The zero-order chi connectivity index (χ0) is 26.5. The second-order valence-electron chi connectivity index (χ2n) is 8.58. The van der Waals surface area contributed by atoms with Crippen LogP contribution in [0.4, 0.5) is 5.69 Å². The summed E-state index contributed by atoms with van der Waals surface area (Å²) in [7, 11) is 4.79. The van der Waals surface area contributed by atoms with Crippen LogP contribution in [0.3, 0.4) is 0 Å². The number of ether oxygens (including phenoxy) is 3. The van der Waals surface area contributed by atoms with E-state index in [2.05, 4.69) is 15.4 Å². The molecule has 0 radical (unpaired) electrons. The van der Waals surface area contributed by atoms with Crippen LogP contribution >= 0.6 is 11.5 Å². The summed E-state index contributed by atoms with van der Waals surface area (Å²) in [6.07, 6.45) is 0.436. The number of aromatic nitrogens is 1. The Balaban J connectivity index is 0.00000400. The molecule has 10 heteroatoms. The minimum absolute atomic E-state index is 0. The average Bonchev–Trinajstić information content (AvgIpc) is 3.39. The minimum Gasteiger partial charge on any atom is -1.00 e. The van der Waals surface area contributed by atoms with E-state index in [4.69, 9.17) is 14.2 Å². The molecule has 0 unspecified atom stereocenters. The molecule has 0 spiro atoms. The van der Waals surface area contributed by atoms with Crippen molar-refractivity contribution in [3.8, 4) is 45.4 Å². The number of carbonyl (C=O) groups is 1. The lowest BCUT2D eigenvalue weighted by Gasteiger charge is -2.15. The third kappa shape index (κ3) is 6.19. The monoisotopic (exact) mass is 555 g/mol.